The van der Waals surface area contributed by atoms with Crippen LogP contribution in [0.2, 0.25) is 0 Å². The Bertz CT molecular complexity index is 1100. The number of carbonyl (C=O) groups excluding carboxylic acids is 2. The molecule has 33 heavy (non-hydrogen) atoms. The van der Waals surface area contributed by atoms with Crippen LogP contribution in [-0.4, -0.2) is 28.2 Å². The number of anilines is 1. The van der Waals surface area contributed by atoms with Crippen molar-refractivity contribution in [2.45, 2.75) is 25.4 Å². The van der Waals surface area contributed by atoms with Crippen molar-refractivity contribution >= 4 is 42.3 Å². The lowest BCUT2D eigenvalue weighted by molar-refractivity contribution is -0.132. The van der Waals surface area contributed by atoms with Crippen molar-refractivity contribution in [2.24, 2.45) is 5.73 Å². The molecule has 2 amide bonds. The number of nitrogens with two attached hydrogens (primary N) is 1. The van der Waals surface area contributed by atoms with E-state index in [2.05, 4.69) is 10.3 Å². The molecule has 0 saturated heterocycles. The number of hydrogen-bond donors (Lipinski definition) is 2. The van der Waals surface area contributed by atoms with Gasteiger partial charge in [0.05, 0.1) is 0 Å². The molecule has 0 fully saturated rings. The van der Waals surface area contributed by atoms with E-state index in [1.807, 2.05) is 0 Å². The van der Waals surface area contributed by atoms with E-state index in [1.165, 1.54) is 12.1 Å². The minimum absolute atomic E-state index is 0. The van der Waals surface area contributed by atoms with Crippen LogP contribution in [0.1, 0.15) is 39.5 Å². The maximum atomic E-state index is 13.5. The Balaban J connectivity index is 0.00000193. The standard InChI is InChI=1S/C24H23FN4O2.2ClH/c25-20-6-5-16-9-12-29(15-19(16)13-20)23(30)14-22(26)17-1-3-18(4-2-17)24(31)28-21-7-10-27-11-8-21;;/h1-8,10-11,13,22H,9,12,14-15,26H2,(H,27,28,31);2*1H/t22-;;/m0../s1. The van der Waals surface area contributed by atoms with E-state index in [0.29, 0.717) is 30.8 Å². The van der Waals surface area contributed by atoms with Gasteiger partial charge >= 0.3 is 0 Å². The second kappa shape index (κ2) is 11.7. The van der Waals surface area contributed by atoms with Gasteiger partial charge in [0, 0.05) is 49.2 Å². The number of halogens is 3. The number of fused-ring (bicyclic) bond motifs is 1. The number of benzene rings is 2. The highest BCUT2D eigenvalue weighted by molar-refractivity contribution is 6.04. The average Bonchev–Trinajstić information content (AvgIpc) is 2.79. The Morgan fingerprint density at radius 3 is 2.42 bits per heavy atom. The van der Waals surface area contributed by atoms with Crippen LogP contribution < -0.4 is 11.1 Å². The Morgan fingerprint density at radius 1 is 1.03 bits per heavy atom. The van der Waals surface area contributed by atoms with E-state index in [0.717, 1.165) is 16.7 Å². The molecular weight excluding hydrogens is 466 g/mol. The van der Waals surface area contributed by atoms with Gasteiger partial charge in [0.1, 0.15) is 5.82 Å². The fraction of sp³-hybridized carbons (Fsp3) is 0.208. The van der Waals surface area contributed by atoms with E-state index in [-0.39, 0.29) is 48.9 Å². The summed E-state index contributed by atoms with van der Waals surface area (Å²) in [5.41, 5.74) is 10.1. The molecule has 1 atom stereocenters. The van der Waals surface area contributed by atoms with Crippen molar-refractivity contribution in [1.29, 1.82) is 0 Å². The van der Waals surface area contributed by atoms with Gasteiger partial charge in [0.2, 0.25) is 5.91 Å². The van der Waals surface area contributed by atoms with E-state index in [1.54, 1.807) is 59.8 Å². The quantitative estimate of drug-likeness (QED) is 0.558. The van der Waals surface area contributed by atoms with Gasteiger partial charge in [-0.15, -0.1) is 24.8 Å². The molecule has 0 unspecified atom stereocenters. The van der Waals surface area contributed by atoms with Gasteiger partial charge in [0.25, 0.3) is 5.91 Å². The number of pyridine rings is 1. The van der Waals surface area contributed by atoms with Crippen LogP contribution in [0.3, 0.4) is 0 Å². The number of rotatable bonds is 5. The molecule has 2 aromatic carbocycles. The van der Waals surface area contributed by atoms with Crippen LogP contribution in [0.15, 0.2) is 67.0 Å². The fourth-order valence-corrected chi connectivity index (χ4v) is 3.69. The number of nitrogens with zero attached hydrogens (tertiary/aromatic N) is 2. The summed E-state index contributed by atoms with van der Waals surface area (Å²) in [6.45, 7) is 0.991. The lowest BCUT2D eigenvalue weighted by Gasteiger charge is -2.30. The van der Waals surface area contributed by atoms with Crippen LogP contribution in [-0.2, 0) is 17.8 Å². The molecule has 4 rings (SSSR count). The Kier molecular flexibility index (Phi) is 9.34. The number of amides is 2. The van der Waals surface area contributed by atoms with Crippen LogP contribution in [0.4, 0.5) is 10.1 Å². The highest BCUT2D eigenvalue weighted by Crippen LogP contribution is 2.23. The van der Waals surface area contributed by atoms with Crippen LogP contribution in [0.25, 0.3) is 0 Å². The van der Waals surface area contributed by atoms with Crippen molar-refractivity contribution in [2.75, 3.05) is 11.9 Å². The summed E-state index contributed by atoms with van der Waals surface area (Å²) in [5, 5.41) is 2.80. The van der Waals surface area contributed by atoms with E-state index in [4.69, 9.17) is 5.73 Å². The van der Waals surface area contributed by atoms with E-state index in [9.17, 15) is 14.0 Å². The van der Waals surface area contributed by atoms with Crippen molar-refractivity contribution in [1.82, 2.24) is 9.88 Å². The largest absolute Gasteiger partial charge is 0.338 e. The first kappa shape index (κ1) is 26.3. The minimum Gasteiger partial charge on any atom is -0.338 e. The highest BCUT2D eigenvalue weighted by Gasteiger charge is 2.23. The van der Waals surface area contributed by atoms with Crippen LogP contribution in [0, 0.1) is 5.82 Å². The Hall–Kier alpha value is -3.00. The summed E-state index contributed by atoms with van der Waals surface area (Å²) in [7, 11) is 0. The summed E-state index contributed by atoms with van der Waals surface area (Å²) in [5.74, 6) is -0.596. The predicted octanol–water partition coefficient (Wildman–Crippen LogP) is 4.29. The number of carbonyl (C=O) groups is 2. The van der Waals surface area contributed by atoms with Gasteiger partial charge in [-0.25, -0.2) is 4.39 Å². The molecule has 0 saturated carbocycles. The lowest BCUT2D eigenvalue weighted by atomic mass is 9.98. The second-order valence-corrected chi connectivity index (χ2v) is 7.60. The molecule has 3 aromatic rings. The van der Waals surface area contributed by atoms with E-state index >= 15 is 0 Å². The van der Waals surface area contributed by atoms with Gasteiger partial charge in [-0.1, -0.05) is 18.2 Å². The topological polar surface area (TPSA) is 88.3 Å². The fourth-order valence-electron chi connectivity index (χ4n) is 3.69. The second-order valence-electron chi connectivity index (χ2n) is 7.60. The predicted molar refractivity (Wildman–Crippen MR) is 130 cm³/mol. The summed E-state index contributed by atoms with van der Waals surface area (Å²) in [6, 6.07) is 14.6. The zero-order chi connectivity index (χ0) is 21.8. The highest BCUT2D eigenvalue weighted by atomic mass is 35.5. The SMILES string of the molecule is Cl.Cl.N[C@@H](CC(=O)N1CCc2ccc(F)cc2C1)c1ccc(C(=O)Nc2ccncc2)cc1. The summed E-state index contributed by atoms with van der Waals surface area (Å²) >= 11 is 0. The molecular formula is C24H25Cl2FN4O2. The maximum absolute atomic E-state index is 13.5. The van der Waals surface area contributed by atoms with Crippen LogP contribution >= 0.6 is 24.8 Å². The molecule has 0 aliphatic carbocycles. The molecule has 0 bridgehead atoms. The van der Waals surface area contributed by atoms with Crippen molar-refractivity contribution in [3.8, 4) is 0 Å². The Labute approximate surface area is 204 Å². The van der Waals surface area contributed by atoms with Gasteiger partial charge < -0.3 is 16.0 Å². The first-order chi connectivity index (χ1) is 15.0. The number of aromatic nitrogens is 1. The summed E-state index contributed by atoms with van der Waals surface area (Å²) < 4.78 is 13.5. The zero-order valence-electron chi connectivity index (χ0n) is 17.7. The first-order valence-corrected chi connectivity index (χ1v) is 10.1. The molecule has 0 radical (unpaired) electrons. The molecule has 3 N–H and O–H groups in total. The normalized spacial score (nSPS) is 13.1. The molecule has 1 aliphatic rings. The molecule has 9 heteroatoms. The average molecular weight is 491 g/mol. The summed E-state index contributed by atoms with van der Waals surface area (Å²) in [6.07, 6.45) is 4.06. The monoisotopic (exact) mass is 490 g/mol. The van der Waals surface area contributed by atoms with Crippen molar-refractivity contribution < 1.29 is 14.0 Å². The van der Waals surface area contributed by atoms with Gasteiger partial charge in [0.15, 0.2) is 0 Å². The zero-order valence-corrected chi connectivity index (χ0v) is 19.4. The first-order valence-electron chi connectivity index (χ1n) is 10.1. The molecule has 174 valence electrons. The van der Waals surface area contributed by atoms with Crippen molar-refractivity contribution in [3.63, 3.8) is 0 Å². The van der Waals surface area contributed by atoms with Gasteiger partial charge in [-0.2, -0.15) is 0 Å². The van der Waals surface area contributed by atoms with Crippen molar-refractivity contribution in [3.05, 3.63) is 95.1 Å². The third kappa shape index (κ3) is 6.51. The molecule has 1 aromatic heterocycles. The number of hydrogen-bond acceptors (Lipinski definition) is 4. The van der Waals surface area contributed by atoms with Crippen LogP contribution in [0.5, 0.6) is 0 Å². The van der Waals surface area contributed by atoms with Gasteiger partial charge in [-0.3, -0.25) is 14.6 Å². The number of nitrogens with one attached hydrogen (secondary N) is 1. The third-order valence-corrected chi connectivity index (χ3v) is 5.47. The molecule has 6 nitrogen and oxygen atoms in total. The Morgan fingerprint density at radius 2 is 1.73 bits per heavy atom. The molecule has 0 spiro atoms. The third-order valence-electron chi connectivity index (χ3n) is 5.47. The smallest absolute Gasteiger partial charge is 0.255 e. The lowest BCUT2D eigenvalue weighted by Crippen LogP contribution is -2.37. The molecule has 1 aliphatic heterocycles. The minimum atomic E-state index is -0.487. The van der Waals surface area contributed by atoms with E-state index < -0.39 is 6.04 Å². The maximum Gasteiger partial charge on any atom is 0.255 e. The van der Waals surface area contributed by atoms with Gasteiger partial charge in [-0.05, 0) is 59.5 Å². The molecule has 2 heterocycles. The summed E-state index contributed by atoms with van der Waals surface area (Å²) in [4.78, 5) is 30.7.